The van der Waals surface area contributed by atoms with E-state index < -0.39 is 24.1 Å². The molecule has 1 aromatic carbocycles. The van der Waals surface area contributed by atoms with Crippen molar-refractivity contribution < 1.29 is 18.7 Å². The van der Waals surface area contributed by atoms with Crippen LogP contribution < -0.4 is 16.3 Å². The summed E-state index contributed by atoms with van der Waals surface area (Å²) in [6.45, 7) is 2.57. The van der Waals surface area contributed by atoms with Crippen LogP contribution in [0.2, 0.25) is 5.02 Å². The van der Waals surface area contributed by atoms with Crippen LogP contribution in [0.3, 0.4) is 0 Å². The van der Waals surface area contributed by atoms with Crippen LogP contribution in [0, 0.1) is 5.92 Å². The number of nitrogens with one attached hydrogen (secondary N) is 2. The molecule has 0 spiro atoms. The number of pyridine rings is 2. The molecule has 12 heteroatoms. The third kappa shape index (κ3) is 6.41. The van der Waals surface area contributed by atoms with Gasteiger partial charge in [-0.3, -0.25) is 18.9 Å². The lowest BCUT2D eigenvalue weighted by Crippen LogP contribution is -2.39. The molecule has 1 atom stereocenters. The van der Waals surface area contributed by atoms with E-state index in [1.807, 2.05) is 30.3 Å². The van der Waals surface area contributed by atoms with E-state index in [4.69, 9.17) is 11.6 Å². The van der Waals surface area contributed by atoms with E-state index in [1.54, 1.807) is 28.3 Å². The number of hydrogen-bond donors (Lipinski definition) is 3. The molecule has 1 saturated carbocycles. The number of para-hydroxylation sites is 2. The number of carbonyl (C=O) groups is 1. The van der Waals surface area contributed by atoms with E-state index in [9.17, 15) is 23.5 Å². The van der Waals surface area contributed by atoms with Crippen molar-refractivity contribution in [3.8, 4) is 5.69 Å². The first-order valence-electron chi connectivity index (χ1n) is 13.5. The van der Waals surface area contributed by atoms with Gasteiger partial charge in [-0.05, 0) is 68.9 Å². The van der Waals surface area contributed by atoms with Gasteiger partial charge in [-0.1, -0.05) is 23.7 Å². The Morgan fingerprint density at radius 1 is 1.10 bits per heavy atom. The fourth-order valence-electron chi connectivity index (χ4n) is 5.33. The summed E-state index contributed by atoms with van der Waals surface area (Å²) in [6.07, 6.45) is 2.18. The minimum atomic E-state index is -2.88. The Hall–Kier alpha value is -3.83. The van der Waals surface area contributed by atoms with E-state index in [1.165, 1.54) is 6.07 Å². The predicted molar refractivity (Wildman–Crippen MR) is 153 cm³/mol. The zero-order valence-corrected chi connectivity index (χ0v) is 23.2. The molecular weight excluding hydrogens is 554 g/mol. The number of imidazole rings is 1. The molecule has 1 amide bonds. The van der Waals surface area contributed by atoms with Crippen molar-refractivity contribution in [2.75, 3.05) is 11.9 Å². The maximum atomic E-state index is 13.7. The molecule has 5 rings (SSSR count). The Morgan fingerprint density at radius 2 is 1.83 bits per heavy atom. The Labute approximate surface area is 240 Å². The molecule has 1 aliphatic carbocycles. The quantitative estimate of drug-likeness (QED) is 0.256. The molecule has 1 aliphatic rings. The molecular formula is C29H31ClF2N6O3. The molecule has 3 aromatic heterocycles. The molecule has 4 aromatic rings. The third-order valence-electron chi connectivity index (χ3n) is 7.38. The number of aromatic nitrogens is 4. The number of anilines is 1. The second kappa shape index (κ2) is 12.4. The van der Waals surface area contributed by atoms with Crippen molar-refractivity contribution in [2.24, 2.45) is 5.92 Å². The van der Waals surface area contributed by atoms with E-state index in [0.717, 1.165) is 30.1 Å². The highest BCUT2D eigenvalue weighted by Crippen LogP contribution is 2.29. The molecule has 3 N–H and O–H groups in total. The van der Waals surface area contributed by atoms with E-state index >= 15 is 0 Å². The summed E-state index contributed by atoms with van der Waals surface area (Å²) in [4.78, 5) is 34.5. The molecule has 0 aliphatic heterocycles. The van der Waals surface area contributed by atoms with Crippen molar-refractivity contribution in [1.82, 2.24) is 24.4 Å². The first-order chi connectivity index (χ1) is 19.7. The summed E-state index contributed by atoms with van der Waals surface area (Å²) >= 11 is 5.90. The lowest BCUT2D eigenvalue weighted by atomic mass is 9.85. The summed E-state index contributed by atoms with van der Waals surface area (Å²) in [7, 11) is 0. The fraction of sp³-hybridized carbons (Fsp3) is 0.379. The van der Waals surface area contributed by atoms with E-state index in [-0.39, 0.29) is 28.2 Å². The van der Waals surface area contributed by atoms with Crippen LogP contribution in [0.5, 0.6) is 0 Å². The van der Waals surface area contributed by atoms with Gasteiger partial charge < -0.3 is 15.7 Å². The zero-order chi connectivity index (χ0) is 29.1. The number of hydrogen-bond acceptors (Lipinski definition) is 6. The predicted octanol–water partition coefficient (Wildman–Crippen LogP) is 4.95. The first kappa shape index (κ1) is 28.7. The van der Waals surface area contributed by atoms with Crippen molar-refractivity contribution in [2.45, 2.75) is 57.7 Å². The molecule has 0 unspecified atom stereocenters. The van der Waals surface area contributed by atoms with Gasteiger partial charge in [0.2, 0.25) is 0 Å². The molecule has 3 heterocycles. The fourth-order valence-corrected chi connectivity index (χ4v) is 5.48. The lowest BCUT2D eigenvalue weighted by Gasteiger charge is -2.29. The number of amides is 1. The van der Waals surface area contributed by atoms with Gasteiger partial charge in [0, 0.05) is 25.3 Å². The average Bonchev–Trinajstić information content (AvgIpc) is 3.23. The van der Waals surface area contributed by atoms with E-state index in [2.05, 4.69) is 20.6 Å². The number of fused-ring (bicyclic) bond motifs is 1. The topological polar surface area (TPSA) is 114 Å². The van der Waals surface area contributed by atoms with Gasteiger partial charge in [0.25, 0.3) is 12.3 Å². The molecule has 216 valence electrons. The number of aliphatic hydroxyl groups is 1. The van der Waals surface area contributed by atoms with Gasteiger partial charge in [-0.25, -0.2) is 18.6 Å². The highest BCUT2D eigenvalue weighted by Gasteiger charge is 2.27. The molecule has 0 radical (unpaired) electrons. The number of halogens is 3. The van der Waals surface area contributed by atoms with Crippen LogP contribution in [0.1, 0.15) is 55.1 Å². The molecule has 0 bridgehead atoms. The molecule has 41 heavy (non-hydrogen) atoms. The number of alkyl halides is 2. The Kier molecular flexibility index (Phi) is 8.65. The number of rotatable bonds is 9. The van der Waals surface area contributed by atoms with Gasteiger partial charge in [-0.15, -0.1) is 0 Å². The summed E-state index contributed by atoms with van der Waals surface area (Å²) in [5.41, 5.74) is 1.26. The lowest BCUT2D eigenvalue weighted by molar-refractivity contribution is 0.0904. The van der Waals surface area contributed by atoms with Crippen molar-refractivity contribution in [1.29, 1.82) is 0 Å². The number of aliphatic hydroxyl groups excluding tert-OH is 1. The van der Waals surface area contributed by atoms with Crippen LogP contribution in [-0.4, -0.2) is 48.8 Å². The minimum Gasteiger partial charge on any atom is -0.392 e. The van der Waals surface area contributed by atoms with Gasteiger partial charge in [0.1, 0.15) is 11.5 Å². The Balaban J connectivity index is 1.28. The summed E-state index contributed by atoms with van der Waals surface area (Å²) in [5, 5.41) is 15.5. The van der Waals surface area contributed by atoms with Gasteiger partial charge in [0.05, 0.1) is 39.6 Å². The SMILES string of the molecule is C[C@H](O)CNc1ccc(-n2c(=O)n(CC3CCC(NC(=O)c4cc(Cl)cnc4C(F)F)CC3)c3ccccc32)cn1. The highest BCUT2D eigenvalue weighted by molar-refractivity contribution is 6.30. The maximum Gasteiger partial charge on any atom is 0.333 e. The maximum absolute atomic E-state index is 13.7. The number of nitrogens with zero attached hydrogens (tertiary/aromatic N) is 4. The summed E-state index contributed by atoms with van der Waals surface area (Å²) in [5.74, 6) is 0.195. The van der Waals surface area contributed by atoms with Crippen LogP contribution in [0.15, 0.2) is 59.7 Å². The smallest absolute Gasteiger partial charge is 0.333 e. The van der Waals surface area contributed by atoms with Crippen molar-refractivity contribution in [3.05, 3.63) is 81.6 Å². The van der Waals surface area contributed by atoms with Crippen LogP contribution in [-0.2, 0) is 6.54 Å². The monoisotopic (exact) mass is 584 g/mol. The minimum absolute atomic E-state index is 0.118. The normalized spacial score (nSPS) is 18.0. The Morgan fingerprint density at radius 3 is 2.49 bits per heavy atom. The number of benzene rings is 1. The first-order valence-corrected chi connectivity index (χ1v) is 13.9. The van der Waals surface area contributed by atoms with Crippen LogP contribution >= 0.6 is 11.6 Å². The second-order valence-electron chi connectivity index (χ2n) is 10.4. The van der Waals surface area contributed by atoms with Crippen molar-refractivity contribution >= 4 is 34.4 Å². The van der Waals surface area contributed by atoms with E-state index in [0.29, 0.717) is 37.4 Å². The van der Waals surface area contributed by atoms with Crippen LogP contribution in [0.25, 0.3) is 16.7 Å². The Bertz CT molecular complexity index is 1580. The molecule has 0 saturated heterocycles. The number of carbonyl (C=O) groups excluding carboxylic acids is 1. The summed E-state index contributed by atoms with van der Waals surface area (Å²) < 4.78 is 30.1. The molecule has 1 fully saturated rings. The van der Waals surface area contributed by atoms with Crippen LogP contribution in [0.4, 0.5) is 14.6 Å². The average molecular weight is 585 g/mol. The van der Waals surface area contributed by atoms with Crippen molar-refractivity contribution in [3.63, 3.8) is 0 Å². The van der Waals surface area contributed by atoms with Gasteiger partial charge >= 0.3 is 5.69 Å². The highest BCUT2D eigenvalue weighted by atomic mass is 35.5. The second-order valence-corrected chi connectivity index (χ2v) is 10.9. The third-order valence-corrected chi connectivity index (χ3v) is 7.59. The standard InChI is InChI=1S/C29H31ClF2N6O3/c1-17(39)13-33-25-11-10-21(15-34-25)38-24-5-3-2-4-23(24)37(29(38)41)16-18-6-8-20(9-7-18)36-28(40)22-12-19(30)14-35-26(22)27(31)32/h2-5,10-12,14-15,17-18,20,27,39H,6-9,13,16H2,1H3,(H,33,34)(H,36,40)/t17-,18?,20?/m0/s1. The van der Waals surface area contributed by atoms with Gasteiger partial charge in [-0.2, -0.15) is 0 Å². The zero-order valence-electron chi connectivity index (χ0n) is 22.4. The molecule has 9 nitrogen and oxygen atoms in total. The summed E-state index contributed by atoms with van der Waals surface area (Å²) in [6, 6.07) is 12.2. The van der Waals surface area contributed by atoms with Gasteiger partial charge in [0.15, 0.2) is 0 Å². The largest absolute Gasteiger partial charge is 0.392 e.